The molecule has 0 saturated carbocycles. The second kappa shape index (κ2) is 5.87. The smallest absolute Gasteiger partial charge is 0.193 e. The van der Waals surface area contributed by atoms with E-state index in [1.54, 1.807) is 30.3 Å². The Morgan fingerprint density at radius 1 is 1.39 bits per heavy atom. The maximum atomic E-state index is 14.1. The third-order valence-corrected chi connectivity index (χ3v) is 3.39. The van der Waals surface area contributed by atoms with Crippen LogP contribution in [-0.2, 0) is 0 Å². The lowest BCUT2D eigenvalue weighted by molar-refractivity contribution is 0.442. The molecule has 0 aliphatic heterocycles. The zero-order valence-corrected chi connectivity index (χ0v) is 12.1. The van der Waals surface area contributed by atoms with Gasteiger partial charge in [-0.2, -0.15) is 0 Å². The predicted molar refractivity (Wildman–Crippen MR) is 73.3 cm³/mol. The normalized spacial score (nSPS) is 12.7. The molecule has 1 aromatic carbocycles. The number of halogens is 3. The first-order valence-electron chi connectivity index (χ1n) is 5.56. The average molecular weight is 333 g/mol. The molecule has 1 atom stereocenters. The lowest BCUT2D eigenvalue weighted by Gasteiger charge is -2.17. The summed E-state index contributed by atoms with van der Waals surface area (Å²) in [6, 6.07) is 8.23. The maximum Gasteiger partial charge on any atom is 0.193 e. The predicted octanol–water partition coefficient (Wildman–Crippen LogP) is 4.53. The van der Waals surface area contributed by atoms with Crippen molar-refractivity contribution in [1.29, 1.82) is 0 Å². The highest BCUT2D eigenvalue weighted by Crippen LogP contribution is 2.30. The van der Waals surface area contributed by atoms with E-state index < -0.39 is 0 Å². The summed E-state index contributed by atoms with van der Waals surface area (Å²) in [6.45, 7) is 2.64. The number of nitrogens with one attached hydrogen (secondary N) is 1. The first-order chi connectivity index (χ1) is 8.63. The van der Waals surface area contributed by atoms with Gasteiger partial charge in [0.25, 0.3) is 0 Å². The van der Waals surface area contributed by atoms with E-state index >= 15 is 0 Å². The molecule has 2 aromatic rings. The fourth-order valence-corrected chi connectivity index (χ4v) is 2.33. The van der Waals surface area contributed by atoms with Gasteiger partial charge in [-0.05, 0) is 52.3 Å². The highest BCUT2D eigenvalue weighted by atomic mass is 79.9. The molecule has 1 N–H and O–H groups in total. The minimum Gasteiger partial charge on any atom is -0.448 e. The summed E-state index contributed by atoms with van der Waals surface area (Å²) in [5.41, 5.74) is 0.525. The van der Waals surface area contributed by atoms with Gasteiger partial charge >= 0.3 is 0 Å². The van der Waals surface area contributed by atoms with Crippen molar-refractivity contribution in [3.8, 4) is 0 Å². The van der Waals surface area contributed by atoms with Gasteiger partial charge in [0.15, 0.2) is 5.22 Å². The van der Waals surface area contributed by atoms with Crippen molar-refractivity contribution < 1.29 is 8.81 Å². The molecule has 1 aromatic heterocycles. The quantitative estimate of drug-likeness (QED) is 0.889. The van der Waals surface area contributed by atoms with Crippen LogP contribution in [0.2, 0.25) is 5.22 Å². The van der Waals surface area contributed by atoms with E-state index in [1.165, 1.54) is 0 Å². The first-order valence-corrected chi connectivity index (χ1v) is 6.73. The third-order valence-electron chi connectivity index (χ3n) is 2.58. The minimum atomic E-state index is -0.347. The van der Waals surface area contributed by atoms with Gasteiger partial charge in [0.1, 0.15) is 11.6 Å². The molecule has 2 nitrogen and oxygen atoms in total. The lowest BCUT2D eigenvalue weighted by Crippen LogP contribution is -2.22. The van der Waals surface area contributed by atoms with Crippen LogP contribution < -0.4 is 5.32 Å². The number of furan rings is 1. The van der Waals surface area contributed by atoms with Gasteiger partial charge in [-0.3, -0.25) is 0 Å². The van der Waals surface area contributed by atoms with E-state index in [0.717, 1.165) is 0 Å². The van der Waals surface area contributed by atoms with Crippen LogP contribution in [0, 0.1) is 5.82 Å². The maximum absolute atomic E-state index is 14.1. The minimum absolute atomic E-state index is 0.295. The molecule has 0 fully saturated rings. The SMILES string of the molecule is CCNC(c1ccc(Cl)o1)c1cccc(Br)c1F. The summed E-state index contributed by atoms with van der Waals surface area (Å²) in [4.78, 5) is 0. The summed E-state index contributed by atoms with van der Waals surface area (Å²) in [5, 5.41) is 3.48. The second-order valence-electron chi connectivity index (χ2n) is 3.78. The average Bonchev–Trinajstić information content (AvgIpc) is 2.77. The van der Waals surface area contributed by atoms with Crippen molar-refractivity contribution >= 4 is 27.5 Å². The van der Waals surface area contributed by atoms with Crippen molar-refractivity contribution in [2.45, 2.75) is 13.0 Å². The Hall–Kier alpha value is -0.840. The molecule has 1 unspecified atom stereocenters. The summed E-state index contributed by atoms with van der Waals surface area (Å²) < 4.78 is 19.9. The molecule has 0 amide bonds. The molecule has 96 valence electrons. The van der Waals surface area contributed by atoms with Crippen LogP contribution in [0.15, 0.2) is 39.2 Å². The van der Waals surface area contributed by atoms with Crippen LogP contribution in [0.4, 0.5) is 4.39 Å². The fraction of sp³-hybridized carbons (Fsp3) is 0.231. The molecular formula is C13H12BrClFNO. The first kappa shape index (κ1) is 13.6. The Kier molecular flexibility index (Phi) is 4.43. The van der Waals surface area contributed by atoms with Crippen LogP contribution in [-0.4, -0.2) is 6.54 Å². The van der Waals surface area contributed by atoms with Crippen LogP contribution in [0.5, 0.6) is 0 Å². The van der Waals surface area contributed by atoms with E-state index in [4.69, 9.17) is 16.0 Å². The van der Waals surface area contributed by atoms with Gasteiger partial charge < -0.3 is 9.73 Å². The van der Waals surface area contributed by atoms with Crippen LogP contribution >= 0.6 is 27.5 Å². The topological polar surface area (TPSA) is 25.2 Å². The Labute approximate surface area is 118 Å². The molecule has 0 spiro atoms. The van der Waals surface area contributed by atoms with Gasteiger partial charge in [-0.1, -0.05) is 19.1 Å². The highest BCUT2D eigenvalue weighted by Gasteiger charge is 2.21. The fourth-order valence-electron chi connectivity index (χ4n) is 1.79. The molecule has 2 rings (SSSR count). The zero-order chi connectivity index (χ0) is 13.1. The van der Waals surface area contributed by atoms with Crippen LogP contribution in [0.3, 0.4) is 0 Å². The molecule has 18 heavy (non-hydrogen) atoms. The number of hydrogen-bond donors (Lipinski definition) is 1. The molecule has 0 saturated heterocycles. The van der Waals surface area contributed by atoms with E-state index in [-0.39, 0.29) is 11.9 Å². The summed E-state index contributed by atoms with van der Waals surface area (Å²) in [7, 11) is 0. The Bertz CT molecular complexity index is 544. The van der Waals surface area contributed by atoms with Gasteiger partial charge in [0.2, 0.25) is 0 Å². The van der Waals surface area contributed by atoms with Gasteiger partial charge in [-0.25, -0.2) is 4.39 Å². The van der Waals surface area contributed by atoms with Gasteiger partial charge in [0.05, 0.1) is 10.5 Å². The molecule has 1 heterocycles. The van der Waals surface area contributed by atoms with Crippen molar-refractivity contribution in [2.24, 2.45) is 0 Å². The third kappa shape index (κ3) is 2.76. The number of hydrogen-bond acceptors (Lipinski definition) is 2. The number of benzene rings is 1. The molecule has 5 heteroatoms. The summed E-state index contributed by atoms with van der Waals surface area (Å²) in [6.07, 6.45) is 0. The van der Waals surface area contributed by atoms with E-state index in [1.807, 2.05) is 6.92 Å². The largest absolute Gasteiger partial charge is 0.448 e. The lowest BCUT2D eigenvalue weighted by atomic mass is 10.0. The number of rotatable bonds is 4. The van der Waals surface area contributed by atoms with Crippen molar-refractivity contribution in [3.05, 3.63) is 57.2 Å². The zero-order valence-electron chi connectivity index (χ0n) is 9.71. The van der Waals surface area contributed by atoms with Crippen molar-refractivity contribution in [2.75, 3.05) is 6.54 Å². The standard InChI is InChI=1S/C13H12BrClFNO/c1-2-17-13(10-6-7-11(15)18-10)8-4-3-5-9(14)12(8)16/h3-7,13,17H,2H2,1H3. The summed E-state index contributed by atoms with van der Waals surface area (Å²) >= 11 is 8.95. The van der Waals surface area contributed by atoms with Crippen molar-refractivity contribution in [1.82, 2.24) is 5.32 Å². The van der Waals surface area contributed by atoms with Crippen molar-refractivity contribution in [3.63, 3.8) is 0 Å². The molecule has 0 bridgehead atoms. The van der Waals surface area contributed by atoms with Gasteiger partial charge in [0, 0.05) is 5.56 Å². The highest BCUT2D eigenvalue weighted by molar-refractivity contribution is 9.10. The molecule has 0 aliphatic rings. The Morgan fingerprint density at radius 3 is 2.78 bits per heavy atom. The Morgan fingerprint density at radius 2 is 2.17 bits per heavy atom. The van der Waals surface area contributed by atoms with E-state index in [0.29, 0.717) is 27.6 Å². The van der Waals surface area contributed by atoms with Crippen LogP contribution in [0.25, 0.3) is 0 Å². The van der Waals surface area contributed by atoms with E-state index in [9.17, 15) is 4.39 Å². The monoisotopic (exact) mass is 331 g/mol. The van der Waals surface area contributed by atoms with E-state index in [2.05, 4.69) is 21.2 Å². The van der Waals surface area contributed by atoms with Crippen LogP contribution in [0.1, 0.15) is 24.3 Å². The molecule has 0 radical (unpaired) electrons. The summed E-state index contributed by atoms with van der Waals surface area (Å²) in [5.74, 6) is 0.301. The molecular weight excluding hydrogens is 321 g/mol. The Balaban J connectivity index is 2.44. The van der Waals surface area contributed by atoms with Gasteiger partial charge in [-0.15, -0.1) is 0 Å². The molecule has 0 aliphatic carbocycles. The second-order valence-corrected chi connectivity index (χ2v) is 5.00.